The van der Waals surface area contributed by atoms with E-state index in [1.54, 1.807) is 24.3 Å². The molecule has 170 valence electrons. The number of nitrogens with zero attached hydrogens (tertiary/aromatic N) is 1. The highest BCUT2D eigenvalue weighted by atomic mass is 35.5. The van der Waals surface area contributed by atoms with Gasteiger partial charge in [0.1, 0.15) is 16.3 Å². The zero-order chi connectivity index (χ0) is 23.8. The SMILES string of the molecule is O=C(CN1C(=O)[C@H]2[C@H](C1=O)C1(Cl)c3ccccc3C2(Cl)c2ccccc21)Nc1cccc(Cl)c1. The molecule has 3 aromatic carbocycles. The predicted octanol–water partition coefficient (Wildman–Crippen LogP) is 4.87. The molecule has 2 bridgehead atoms. The monoisotopic (exact) mass is 510 g/mol. The van der Waals surface area contributed by atoms with Gasteiger partial charge in [-0.2, -0.15) is 0 Å². The van der Waals surface area contributed by atoms with E-state index in [4.69, 9.17) is 34.8 Å². The van der Waals surface area contributed by atoms with Crippen LogP contribution in [0.15, 0.2) is 72.8 Å². The lowest BCUT2D eigenvalue weighted by atomic mass is 9.54. The number of imide groups is 1. The van der Waals surface area contributed by atoms with E-state index in [2.05, 4.69) is 5.32 Å². The van der Waals surface area contributed by atoms with Gasteiger partial charge in [0.2, 0.25) is 17.7 Å². The minimum atomic E-state index is -1.26. The van der Waals surface area contributed by atoms with E-state index in [0.717, 1.165) is 27.2 Å². The summed E-state index contributed by atoms with van der Waals surface area (Å²) >= 11 is 20.7. The van der Waals surface area contributed by atoms with Crippen molar-refractivity contribution < 1.29 is 14.4 Å². The normalized spacial score (nSPS) is 28.4. The van der Waals surface area contributed by atoms with E-state index in [1.807, 2.05) is 48.5 Å². The van der Waals surface area contributed by atoms with Gasteiger partial charge in [0.15, 0.2) is 0 Å². The molecule has 1 saturated heterocycles. The molecule has 3 aliphatic carbocycles. The molecule has 3 aromatic rings. The van der Waals surface area contributed by atoms with Gasteiger partial charge in [-0.1, -0.05) is 66.2 Å². The molecule has 1 N–H and O–H groups in total. The molecule has 3 amide bonds. The second-order valence-corrected chi connectivity index (χ2v) is 10.4. The van der Waals surface area contributed by atoms with Crippen LogP contribution in [0.25, 0.3) is 0 Å². The van der Waals surface area contributed by atoms with Gasteiger partial charge in [-0.3, -0.25) is 19.3 Å². The first-order valence-corrected chi connectivity index (χ1v) is 11.9. The third kappa shape index (κ3) is 2.66. The van der Waals surface area contributed by atoms with Crippen molar-refractivity contribution >= 4 is 58.2 Å². The van der Waals surface area contributed by atoms with E-state index in [1.165, 1.54) is 0 Å². The zero-order valence-corrected chi connectivity index (χ0v) is 19.9. The van der Waals surface area contributed by atoms with E-state index in [0.29, 0.717) is 10.7 Å². The summed E-state index contributed by atoms with van der Waals surface area (Å²) in [7, 11) is 0. The lowest BCUT2D eigenvalue weighted by Crippen LogP contribution is -2.57. The van der Waals surface area contributed by atoms with Crippen molar-refractivity contribution in [2.24, 2.45) is 11.8 Å². The number of halogens is 3. The van der Waals surface area contributed by atoms with E-state index in [9.17, 15) is 14.4 Å². The van der Waals surface area contributed by atoms with Crippen molar-refractivity contribution in [1.29, 1.82) is 0 Å². The standard InChI is InChI=1S/C26H17Cl3N2O3/c27-14-6-5-7-15(12-14)30-20(32)13-31-23(33)21-22(24(31)34)26(29)17-9-2-1-8-16(17)25(21,28)18-10-3-4-11-19(18)26/h1-12,21-22H,13H2,(H,30,32)/t21-,22-,25?,26?/m1/s1. The molecule has 1 aliphatic heterocycles. The number of hydrogen-bond donors (Lipinski definition) is 1. The van der Waals surface area contributed by atoms with Crippen molar-refractivity contribution in [2.75, 3.05) is 11.9 Å². The summed E-state index contributed by atoms with van der Waals surface area (Å²) in [5.74, 6) is -3.37. The van der Waals surface area contributed by atoms with Gasteiger partial charge in [-0.25, -0.2) is 0 Å². The van der Waals surface area contributed by atoms with Crippen LogP contribution in [0.2, 0.25) is 5.02 Å². The van der Waals surface area contributed by atoms with E-state index < -0.39 is 45.9 Å². The third-order valence-electron chi connectivity index (χ3n) is 7.09. The highest BCUT2D eigenvalue weighted by molar-refractivity contribution is 6.36. The largest absolute Gasteiger partial charge is 0.324 e. The number of hydrogen-bond acceptors (Lipinski definition) is 3. The minimum absolute atomic E-state index is 0.441. The Morgan fingerprint density at radius 3 is 1.71 bits per heavy atom. The maximum Gasteiger partial charge on any atom is 0.244 e. The molecule has 7 rings (SSSR count). The molecule has 0 unspecified atom stereocenters. The fourth-order valence-corrected chi connectivity index (χ4v) is 7.08. The van der Waals surface area contributed by atoms with Crippen LogP contribution in [-0.4, -0.2) is 29.2 Å². The van der Waals surface area contributed by atoms with Crippen molar-refractivity contribution in [1.82, 2.24) is 4.90 Å². The Labute approximate surface area is 210 Å². The number of carbonyl (C=O) groups is 3. The summed E-state index contributed by atoms with van der Waals surface area (Å²) in [5, 5.41) is 3.14. The van der Waals surface area contributed by atoms with Crippen molar-refractivity contribution in [3.8, 4) is 0 Å². The molecular formula is C26H17Cl3N2O3. The smallest absolute Gasteiger partial charge is 0.244 e. The van der Waals surface area contributed by atoms with Crippen LogP contribution >= 0.6 is 34.8 Å². The first kappa shape index (κ1) is 21.7. The molecule has 34 heavy (non-hydrogen) atoms. The number of amides is 3. The molecule has 8 heteroatoms. The number of rotatable bonds is 3. The molecule has 1 fully saturated rings. The molecule has 0 radical (unpaired) electrons. The number of benzene rings is 3. The topological polar surface area (TPSA) is 66.5 Å². The zero-order valence-electron chi connectivity index (χ0n) is 17.6. The predicted molar refractivity (Wildman–Crippen MR) is 130 cm³/mol. The molecule has 5 nitrogen and oxygen atoms in total. The maximum absolute atomic E-state index is 13.7. The second kappa shape index (κ2) is 7.32. The van der Waals surface area contributed by atoms with Gasteiger partial charge < -0.3 is 5.32 Å². The Kier molecular flexibility index (Phi) is 4.66. The number of anilines is 1. The van der Waals surface area contributed by atoms with Crippen LogP contribution in [0.4, 0.5) is 5.69 Å². The van der Waals surface area contributed by atoms with Gasteiger partial charge >= 0.3 is 0 Å². The summed E-state index contributed by atoms with van der Waals surface area (Å²) in [6.07, 6.45) is 0. The number of alkyl halides is 2. The Bertz CT molecular complexity index is 1280. The van der Waals surface area contributed by atoms with Crippen LogP contribution in [0, 0.1) is 11.8 Å². The molecule has 0 spiro atoms. The third-order valence-corrected chi connectivity index (χ3v) is 8.61. The molecule has 4 aliphatic rings. The molecule has 1 heterocycles. The van der Waals surface area contributed by atoms with Crippen molar-refractivity contribution in [3.63, 3.8) is 0 Å². The lowest BCUT2D eigenvalue weighted by Gasteiger charge is -2.54. The fourth-order valence-electron chi connectivity index (χ4n) is 5.79. The molecule has 0 saturated carbocycles. The lowest BCUT2D eigenvalue weighted by molar-refractivity contribution is -0.142. The maximum atomic E-state index is 13.7. The minimum Gasteiger partial charge on any atom is -0.324 e. The highest BCUT2D eigenvalue weighted by Crippen LogP contribution is 2.69. The summed E-state index contributed by atoms with van der Waals surface area (Å²) in [6, 6.07) is 21.5. The van der Waals surface area contributed by atoms with Gasteiger partial charge in [-0.05, 0) is 40.5 Å². The Hall–Kier alpha value is -2.86. The van der Waals surface area contributed by atoms with Gasteiger partial charge in [0.25, 0.3) is 0 Å². The number of nitrogens with one attached hydrogen (secondary N) is 1. The van der Waals surface area contributed by atoms with Crippen LogP contribution in [0.1, 0.15) is 22.3 Å². The van der Waals surface area contributed by atoms with Crippen LogP contribution in [-0.2, 0) is 24.1 Å². The summed E-state index contributed by atoms with van der Waals surface area (Å²) in [5.41, 5.74) is 3.35. The number of carbonyl (C=O) groups excluding carboxylic acids is 3. The average molecular weight is 512 g/mol. The quantitative estimate of drug-likeness (QED) is 0.403. The highest BCUT2D eigenvalue weighted by Gasteiger charge is 2.73. The molecular weight excluding hydrogens is 495 g/mol. The van der Waals surface area contributed by atoms with Gasteiger partial charge in [-0.15, -0.1) is 23.2 Å². The first-order chi connectivity index (χ1) is 16.3. The fraction of sp³-hybridized carbons (Fsp3) is 0.192. The molecule has 0 aromatic heterocycles. The van der Waals surface area contributed by atoms with E-state index in [-0.39, 0.29) is 0 Å². The van der Waals surface area contributed by atoms with Gasteiger partial charge in [0, 0.05) is 10.7 Å². The van der Waals surface area contributed by atoms with Crippen LogP contribution in [0.5, 0.6) is 0 Å². The van der Waals surface area contributed by atoms with Crippen LogP contribution < -0.4 is 5.32 Å². The van der Waals surface area contributed by atoms with Crippen molar-refractivity contribution in [2.45, 2.75) is 9.75 Å². The van der Waals surface area contributed by atoms with Gasteiger partial charge in [0.05, 0.1) is 11.8 Å². The first-order valence-electron chi connectivity index (χ1n) is 10.8. The average Bonchev–Trinajstić information content (AvgIpc) is 3.08. The summed E-state index contributed by atoms with van der Waals surface area (Å²) in [4.78, 5) is 38.7. The second-order valence-electron chi connectivity index (χ2n) is 8.79. The Balaban J connectivity index is 1.43. The summed E-state index contributed by atoms with van der Waals surface area (Å²) in [6.45, 7) is -0.441. The summed E-state index contributed by atoms with van der Waals surface area (Å²) < 4.78 is 0. The number of likely N-dealkylation sites (tertiary alicyclic amines) is 1. The van der Waals surface area contributed by atoms with Crippen molar-refractivity contribution in [3.05, 3.63) is 100 Å². The van der Waals surface area contributed by atoms with Crippen LogP contribution in [0.3, 0.4) is 0 Å². The van der Waals surface area contributed by atoms with E-state index >= 15 is 0 Å². The Morgan fingerprint density at radius 2 is 1.26 bits per heavy atom. The molecule has 2 atom stereocenters. The Morgan fingerprint density at radius 1 is 0.794 bits per heavy atom.